The van der Waals surface area contributed by atoms with Crippen molar-refractivity contribution in [2.24, 2.45) is 0 Å². The van der Waals surface area contributed by atoms with Gasteiger partial charge in [0.05, 0.1) is 0 Å². The van der Waals surface area contributed by atoms with Crippen LogP contribution in [0.1, 0.15) is 11.1 Å². The molecule has 0 unspecified atom stereocenters. The van der Waals surface area contributed by atoms with Crippen molar-refractivity contribution in [1.29, 1.82) is 0 Å². The van der Waals surface area contributed by atoms with Gasteiger partial charge < -0.3 is 15.4 Å². The predicted octanol–water partition coefficient (Wildman–Crippen LogP) is 4.22. The molecule has 2 aromatic carbocycles. The lowest BCUT2D eigenvalue weighted by atomic mass is 10.2. The number of nitrogens with zero attached hydrogens (tertiary/aromatic N) is 1. The van der Waals surface area contributed by atoms with E-state index in [4.69, 9.17) is 39.5 Å². The third kappa shape index (κ3) is 6.53. The summed E-state index contributed by atoms with van der Waals surface area (Å²) in [7, 11) is 0. The summed E-state index contributed by atoms with van der Waals surface area (Å²) < 4.78 is 6.00. The van der Waals surface area contributed by atoms with Crippen molar-refractivity contribution in [1.82, 2.24) is 15.5 Å². The number of ether oxygens (including phenoxy) is 1. The van der Waals surface area contributed by atoms with Crippen LogP contribution in [0, 0.1) is 0 Å². The van der Waals surface area contributed by atoms with Gasteiger partial charge in [0.15, 0.2) is 0 Å². The van der Waals surface area contributed by atoms with Gasteiger partial charge in [-0.3, -0.25) is 4.90 Å². The number of hydrogen-bond donors (Lipinski definition) is 2. The Labute approximate surface area is 175 Å². The topological polar surface area (TPSA) is 36.5 Å². The van der Waals surface area contributed by atoms with E-state index in [9.17, 15) is 0 Å². The highest BCUT2D eigenvalue weighted by atomic mass is 35.5. The van der Waals surface area contributed by atoms with E-state index in [1.54, 1.807) is 6.07 Å². The van der Waals surface area contributed by atoms with Crippen molar-refractivity contribution in [2.75, 3.05) is 39.3 Å². The Morgan fingerprint density at radius 1 is 0.963 bits per heavy atom. The highest BCUT2D eigenvalue weighted by Crippen LogP contribution is 2.26. The van der Waals surface area contributed by atoms with Gasteiger partial charge in [0.25, 0.3) is 0 Å². The lowest BCUT2D eigenvalue weighted by molar-refractivity contribution is 0.240. The summed E-state index contributed by atoms with van der Waals surface area (Å²) in [6, 6.07) is 11.1. The highest BCUT2D eigenvalue weighted by molar-refractivity contribution is 6.35. The average molecular weight is 429 g/mol. The quantitative estimate of drug-likeness (QED) is 0.617. The first kappa shape index (κ1) is 20.7. The van der Waals surface area contributed by atoms with Crippen LogP contribution in [0.2, 0.25) is 15.1 Å². The Kier molecular flexibility index (Phi) is 8.07. The van der Waals surface area contributed by atoms with Crippen LogP contribution in [0.3, 0.4) is 0 Å². The summed E-state index contributed by atoms with van der Waals surface area (Å²) in [5.41, 5.74) is 1.93. The minimum atomic E-state index is 0.380. The van der Waals surface area contributed by atoms with Crippen LogP contribution in [-0.4, -0.2) is 44.2 Å². The first-order valence-corrected chi connectivity index (χ1v) is 10.2. The molecule has 1 aliphatic rings. The summed E-state index contributed by atoms with van der Waals surface area (Å²) in [6.07, 6.45) is 0. The fourth-order valence-corrected chi connectivity index (χ4v) is 3.67. The van der Waals surface area contributed by atoms with E-state index in [2.05, 4.69) is 15.5 Å². The van der Waals surface area contributed by atoms with Gasteiger partial charge >= 0.3 is 0 Å². The second-order valence-electron chi connectivity index (χ2n) is 6.54. The molecule has 2 N–H and O–H groups in total. The van der Waals surface area contributed by atoms with Crippen LogP contribution in [0.25, 0.3) is 0 Å². The molecule has 0 aliphatic carbocycles. The molecule has 7 heteroatoms. The van der Waals surface area contributed by atoms with E-state index in [0.29, 0.717) is 28.2 Å². The van der Waals surface area contributed by atoms with Crippen molar-refractivity contribution in [2.45, 2.75) is 13.2 Å². The average Bonchev–Trinajstić information content (AvgIpc) is 2.66. The number of nitrogens with one attached hydrogen (secondary N) is 2. The Morgan fingerprint density at radius 3 is 2.48 bits per heavy atom. The molecule has 0 aromatic heterocycles. The normalized spacial score (nSPS) is 15.1. The molecule has 3 rings (SSSR count). The smallest absolute Gasteiger partial charge is 0.124 e. The summed E-state index contributed by atoms with van der Waals surface area (Å²) in [6.45, 7) is 7.40. The van der Waals surface area contributed by atoms with Gasteiger partial charge in [-0.25, -0.2) is 0 Å². The SMILES string of the molecule is Clc1ccc(COc2ccc(Cl)cc2CNCCN2CCNCC2)c(Cl)c1. The fraction of sp³-hybridized carbons (Fsp3) is 0.400. The van der Waals surface area contributed by atoms with Crippen LogP contribution < -0.4 is 15.4 Å². The number of halogens is 3. The Bertz CT molecular complexity index is 751. The molecule has 27 heavy (non-hydrogen) atoms. The molecular weight excluding hydrogens is 405 g/mol. The molecule has 0 bridgehead atoms. The zero-order valence-corrected chi connectivity index (χ0v) is 17.4. The van der Waals surface area contributed by atoms with E-state index in [-0.39, 0.29) is 0 Å². The molecular formula is C20H24Cl3N3O. The van der Waals surface area contributed by atoms with Crippen LogP contribution in [0.15, 0.2) is 36.4 Å². The first-order valence-electron chi connectivity index (χ1n) is 9.11. The zero-order valence-electron chi connectivity index (χ0n) is 15.1. The van der Waals surface area contributed by atoms with Gasteiger partial charge in [0.2, 0.25) is 0 Å². The summed E-state index contributed by atoms with van der Waals surface area (Å²) in [5, 5.41) is 8.78. The van der Waals surface area contributed by atoms with Crippen LogP contribution in [0.5, 0.6) is 5.75 Å². The van der Waals surface area contributed by atoms with Gasteiger partial charge in [0.1, 0.15) is 12.4 Å². The van der Waals surface area contributed by atoms with E-state index < -0.39 is 0 Å². The zero-order chi connectivity index (χ0) is 19.1. The molecule has 0 amide bonds. The van der Waals surface area contributed by atoms with Crippen LogP contribution in [0.4, 0.5) is 0 Å². The summed E-state index contributed by atoms with van der Waals surface area (Å²) in [4.78, 5) is 2.46. The summed E-state index contributed by atoms with van der Waals surface area (Å²) >= 11 is 18.4. The fourth-order valence-electron chi connectivity index (χ4n) is 3.02. The van der Waals surface area contributed by atoms with Crippen LogP contribution >= 0.6 is 34.8 Å². The van der Waals surface area contributed by atoms with Gasteiger partial charge in [-0.15, -0.1) is 0 Å². The molecule has 146 valence electrons. The van der Waals surface area contributed by atoms with Gasteiger partial charge in [-0.05, 0) is 30.3 Å². The number of benzene rings is 2. The lowest BCUT2D eigenvalue weighted by Gasteiger charge is -2.27. The molecule has 0 saturated carbocycles. The molecule has 1 aliphatic heterocycles. The Hall–Kier alpha value is -1.01. The number of rotatable bonds is 8. The second kappa shape index (κ2) is 10.5. The minimum absolute atomic E-state index is 0.380. The molecule has 1 saturated heterocycles. The van der Waals surface area contributed by atoms with E-state index in [1.807, 2.05) is 30.3 Å². The van der Waals surface area contributed by atoms with E-state index in [1.165, 1.54) is 0 Å². The standard InChI is InChI=1S/C20H24Cl3N3O/c21-17-3-4-20(27-14-15-1-2-18(22)12-19(15)23)16(11-17)13-25-7-10-26-8-5-24-6-9-26/h1-4,11-12,24-25H,5-10,13-14H2. The van der Waals surface area contributed by atoms with Crippen molar-refractivity contribution in [3.63, 3.8) is 0 Å². The Morgan fingerprint density at radius 2 is 1.70 bits per heavy atom. The van der Waals surface area contributed by atoms with Gasteiger partial charge in [-0.2, -0.15) is 0 Å². The summed E-state index contributed by atoms with van der Waals surface area (Å²) in [5.74, 6) is 0.806. The first-order chi connectivity index (χ1) is 13.1. The number of hydrogen-bond acceptors (Lipinski definition) is 4. The molecule has 4 nitrogen and oxygen atoms in total. The van der Waals surface area contributed by atoms with Crippen molar-refractivity contribution in [3.8, 4) is 5.75 Å². The van der Waals surface area contributed by atoms with Crippen molar-refractivity contribution < 1.29 is 4.74 Å². The maximum atomic E-state index is 6.23. The minimum Gasteiger partial charge on any atom is -0.489 e. The third-order valence-electron chi connectivity index (χ3n) is 4.55. The lowest BCUT2D eigenvalue weighted by Crippen LogP contribution is -2.45. The monoisotopic (exact) mass is 427 g/mol. The maximum Gasteiger partial charge on any atom is 0.124 e. The van der Waals surface area contributed by atoms with Gasteiger partial charge in [0, 0.05) is 72.0 Å². The third-order valence-corrected chi connectivity index (χ3v) is 5.37. The largest absolute Gasteiger partial charge is 0.489 e. The van der Waals surface area contributed by atoms with Gasteiger partial charge in [-0.1, -0.05) is 40.9 Å². The van der Waals surface area contributed by atoms with E-state index in [0.717, 1.165) is 56.1 Å². The van der Waals surface area contributed by atoms with E-state index >= 15 is 0 Å². The van der Waals surface area contributed by atoms with Crippen molar-refractivity contribution in [3.05, 3.63) is 62.6 Å². The molecule has 1 fully saturated rings. The molecule has 0 atom stereocenters. The maximum absolute atomic E-state index is 6.23. The predicted molar refractivity (Wildman–Crippen MR) is 113 cm³/mol. The van der Waals surface area contributed by atoms with Crippen LogP contribution in [-0.2, 0) is 13.2 Å². The molecule has 0 radical (unpaired) electrons. The second-order valence-corrected chi connectivity index (χ2v) is 7.82. The Balaban J connectivity index is 1.54. The molecule has 1 heterocycles. The molecule has 0 spiro atoms. The highest BCUT2D eigenvalue weighted by Gasteiger charge is 2.10. The number of piperazine rings is 1. The molecule has 2 aromatic rings. The van der Waals surface area contributed by atoms with Crippen molar-refractivity contribution >= 4 is 34.8 Å².